The largest absolute Gasteiger partial charge is 0.348 e. The number of aromatic nitrogens is 4. The summed E-state index contributed by atoms with van der Waals surface area (Å²) >= 11 is 0. The van der Waals surface area contributed by atoms with E-state index in [1.54, 1.807) is 4.68 Å². The maximum atomic E-state index is 12.0. The molecule has 0 fully saturated rings. The van der Waals surface area contributed by atoms with Crippen molar-refractivity contribution in [2.75, 3.05) is 0 Å². The predicted octanol–water partition coefficient (Wildman–Crippen LogP) is 1.02. The Morgan fingerprint density at radius 3 is 2.55 bits per heavy atom. The summed E-state index contributed by atoms with van der Waals surface area (Å²) in [6, 6.07) is -0.201. The summed E-state index contributed by atoms with van der Waals surface area (Å²) in [5.74, 6) is -0.270. The lowest BCUT2D eigenvalue weighted by Gasteiger charge is -2.13. The van der Waals surface area contributed by atoms with Crippen LogP contribution in [0, 0.1) is 24.0 Å². The van der Waals surface area contributed by atoms with Gasteiger partial charge in [-0.25, -0.2) is 0 Å². The standard InChI is InChI=1S/C13H18N6O3/c1-8(11-5-17(4)15-9(11)2)14-13(20)7-18-6-12(19(21)22)10(3)16-18/h5-6,8H,7H2,1-4H3,(H,14,20). The fourth-order valence-electron chi connectivity index (χ4n) is 2.32. The average Bonchev–Trinajstić information content (AvgIpc) is 2.91. The summed E-state index contributed by atoms with van der Waals surface area (Å²) in [6.45, 7) is 5.20. The Morgan fingerprint density at radius 1 is 1.36 bits per heavy atom. The highest BCUT2D eigenvalue weighted by molar-refractivity contribution is 5.76. The number of nitrogens with zero attached hydrogens (tertiary/aromatic N) is 5. The summed E-state index contributed by atoms with van der Waals surface area (Å²) in [5.41, 5.74) is 1.97. The van der Waals surface area contributed by atoms with Gasteiger partial charge in [0.2, 0.25) is 5.91 Å². The molecule has 0 saturated heterocycles. The highest BCUT2D eigenvalue weighted by atomic mass is 16.6. The van der Waals surface area contributed by atoms with Crippen LogP contribution in [-0.4, -0.2) is 30.4 Å². The van der Waals surface area contributed by atoms with E-state index in [-0.39, 0.29) is 29.9 Å². The molecule has 2 aromatic rings. The molecule has 2 heterocycles. The summed E-state index contributed by atoms with van der Waals surface area (Å²) in [4.78, 5) is 22.3. The highest BCUT2D eigenvalue weighted by Crippen LogP contribution is 2.16. The van der Waals surface area contributed by atoms with Gasteiger partial charge in [0.05, 0.1) is 16.7 Å². The van der Waals surface area contributed by atoms with Crippen LogP contribution in [0.15, 0.2) is 12.4 Å². The summed E-state index contributed by atoms with van der Waals surface area (Å²) in [7, 11) is 1.82. The van der Waals surface area contributed by atoms with Crippen LogP contribution >= 0.6 is 0 Å². The molecular formula is C13H18N6O3. The quantitative estimate of drug-likeness (QED) is 0.655. The van der Waals surface area contributed by atoms with Crippen molar-refractivity contribution in [3.05, 3.63) is 39.5 Å². The van der Waals surface area contributed by atoms with E-state index in [9.17, 15) is 14.9 Å². The van der Waals surface area contributed by atoms with Crippen LogP contribution < -0.4 is 5.32 Å². The molecule has 9 nitrogen and oxygen atoms in total. The predicted molar refractivity (Wildman–Crippen MR) is 78.1 cm³/mol. The number of hydrogen-bond acceptors (Lipinski definition) is 5. The van der Waals surface area contributed by atoms with Crippen molar-refractivity contribution in [3.8, 4) is 0 Å². The Balaban J connectivity index is 2.02. The van der Waals surface area contributed by atoms with Crippen LogP contribution in [0.25, 0.3) is 0 Å². The Hall–Kier alpha value is -2.71. The summed E-state index contributed by atoms with van der Waals surface area (Å²) < 4.78 is 2.96. The van der Waals surface area contributed by atoms with Crippen molar-refractivity contribution in [1.82, 2.24) is 24.9 Å². The third-order valence-electron chi connectivity index (χ3n) is 3.32. The number of hydrogen-bond donors (Lipinski definition) is 1. The number of nitrogens with one attached hydrogen (secondary N) is 1. The van der Waals surface area contributed by atoms with Crippen LogP contribution in [-0.2, 0) is 18.4 Å². The second-order valence-electron chi connectivity index (χ2n) is 5.19. The van der Waals surface area contributed by atoms with E-state index in [1.807, 2.05) is 27.1 Å². The topological polar surface area (TPSA) is 108 Å². The maximum Gasteiger partial charge on any atom is 0.309 e. The first-order valence-electron chi connectivity index (χ1n) is 6.76. The zero-order valence-electron chi connectivity index (χ0n) is 12.9. The molecule has 0 saturated carbocycles. The van der Waals surface area contributed by atoms with E-state index < -0.39 is 4.92 Å². The molecule has 118 valence electrons. The fourth-order valence-corrected chi connectivity index (χ4v) is 2.32. The number of aryl methyl sites for hydroxylation is 3. The second kappa shape index (κ2) is 5.96. The number of nitro groups is 1. The molecule has 2 aromatic heterocycles. The van der Waals surface area contributed by atoms with E-state index in [1.165, 1.54) is 17.8 Å². The van der Waals surface area contributed by atoms with Crippen LogP contribution in [0.4, 0.5) is 5.69 Å². The van der Waals surface area contributed by atoms with Crippen molar-refractivity contribution in [2.24, 2.45) is 7.05 Å². The molecule has 9 heteroatoms. The molecule has 1 amide bonds. The lowest BCUT2D eigenvalue weighted by molar-refractivity contribution is -0.385. The molecular weight excluding hydrogens is 288 g/mol. The zero-order chi connectivity index (χ0) is 16.4. The van der Waals surface area contributed by atoms with Gasteiger partial charge in [0.25, 0.3) is 0 Å². The Bertz CT molecular complexity index is 717. The van der Waals surface area contributed by atoms with Crippen molar-refractivity contribution in [2.45, 2.75) is 33.4 Å². The van der Waals surface area contributed by atoms with Crippen LogP contribution in [0.3, 0.4) is 0 Å². The van der Waals surface area contributed by atoms with Crippen LogP contribution in [0.5, 0.6) is 0 Å². The summed E-state index contributed by atoms with van der Waals surface area (Å²) in [5, 5.41) is 21.8. The smallest absolute Gasteiger partial charge is 0.309 e. The Morgan fingerprint density at radius 2 is 2.05 bits per heavy atom. The molecule has 1 atom stereocenters. The first-order chi connectivity index (χ1) is 10.3. The zero-order valence-corrected chi connectivity index (χ0v) is 12.9. The number of carbonyl (C=O) groups is 1. The minimum Gasteiger partial charge on any atom is -0.348 e. The van der Waals surface area contributed by atoms with Gasteiger partial charge in [-0.2, -0.15) is 10.2 Å². The normalized spacial score (nSPS) is 12.2. The molecule has 0 aliphatic carbocycles. The molecule has 0 aliphatic heterocycles. The third-order valence-corrected chi connectivity index (χ3v) is 3.32. The number of rotatable bonds is 5. The van der Waals surface area contributed by atoms with Gasteiger partial charge in [0, 0.05) is 18.8 Å². The van der Waals surface area contributed by atoms with Crippen molar-refractivity contribution in [1.29, 1.82) is 0 Å². The maximum absolute atomic E-state index is 12.0. The van der Waals surface area contributed by atoms with E-state index in [4.69, 9.17) is 0 Å². The SMILES string of the molecule is Cc1nn(C)cc1C(C)NC(=O)Cn1cc([N+](=O)[O-])c(C)n1. The monoisotopic (exact) mass is 306 g/mol. The first kappa shape index (κ1) is 15.7. The third kappa shape index (κ3) is 3.30. The number of amides is 1. The van der Waals surface area contributed by atoms with Crippen molar-refractivity contribution < 1.29 is 9.72 Å². The summed E-state index contributed by atoms with van der Waals surface area (Å²) in [6.07, 6.45) is 3.11. The van der Waals surface area contributed by atoms with Crippen LogP contribution in [0.1, 0.15) is 29.9 Å². The number of carbonyl (C=O) groups excluding carboxylic acids is 1. The molecule has 1 unspecified atom stereocenters. The molecule has 0 bridgehead atoms. The van der Waals surface area contributed by atoms with Crippen LogP contribution in [0.2, 0.25) is 0 Å². The fraction of sp³-hybridized carbons (Fsp3) is 0.462. The van der Waals surface area contributed by atoms with Gasteiger partial charge in [-0.3, -0.25) is 24.3 Å². The molecule has 0 spiro atoms. The molecule has 0 aliphatic rings. The lowest BCUT2D eigenvalue weighted by Crippen LogP contribution is -2.30. The van der Waals surface area contributed by atoms with Gasteiger partial charge in [-0.15, -0.1) is 0 Å². The Kier molecular flexibility index (Phi) is 4.25. The van der Waals surface area contributed by atoms with E-state index in [0.29, 0.717) is 0 Å². The molecule has 0 radical (unpaired) electrons. The Labute approximate surface area is 127 Å². The van der Waals surface area contributed by atoms with Gasteiger partial charge in [-0.05, 0) is 20.8 Å². The minimum atomic E-state index is -0.516. The molecule has 2 rings (SSSR count). The average molecular weight is 306 g/mol. The van der Waals surface area contributed by atoms with Gasteiger partial charge in [0.1, 0.15) is 18.4 Å². The van der Waals surface area contributed by atoms with Crippen molar-refractivity contribution >= 4 is 11.6 Å². The minimum absolute atomic E-state index is 0.0711. The van der Waals surface area contributed by atoms with Crippen molar-refractivity contribution in [3.63, 3.8) is 0 Å². The lowest BCUT2D eigenvalue weighted by atomic mass is 10.1. The second-order valence-corrected chi connectivity index (χ2v) is 5.19. The molecule has 1 N–H and O–H groups in total. The highest BCUT2D eigenvalue weighted by Gasteiger charge is 2.18. The van der Waals surface area contributed by atoms with Gasteiger partial charge in [0.15, 0.2) is 0 Å². The van der Waals surface area contributed by atoms with Gasteiger partial charge < -0.3 is 5.32 Å². The van der Waals surface area contributed by atoms with Gasteiger partial charge in [-0.1, -0.05) is 0 Å². The first-order valence-corrected chi connectivity index (χ1v) is 6.76. The molecule has 0 aromatic carbocycles. The van der Waals surface area contributed by atoms with E-state index in [2.05, 4.69) is 15.5 Å². The molecule has 22 heavy (non-hydrogen) atoms. The van der Waals surface area contributed by atoms with E-state index in [0.717, 1.165) is 11.3 Å². The van der Waals surface area contributed by atoms with E-state index >= 15 is 0 Å². The van der Waals surface area contributed by atoms with Gasteiger partial charge >= 0.3 is 5.69 Å².